The summed E-state index contributed by atoms with van der Waals surface area (Å²) in [7, 11) is 0. The highest BCUT2D eigenvalue weighted by molar-refractivity contribution is 6.30. The Morgan fingerprint density at radius 3 is 2.19 bits per heavy atom. The third-order valence-corrected chi connectivity index (χ3v) is 5.93. The van der Waals surface area contributed by atoms with Gasteiger partial charge in [-0.3, -0.25) is 19.7 Å². The number of amides is 2. The van der Waals surface area contributed by atoms with E-state index in [1.807, 2.05) is 4.90 Å². The Morgan fingerprint density at radius 1 is 0.906 bits per heavy atom. The van der Waals surface area contributed by atoms with Crippen LogP contribution >= 0.6 is 11.6 Å². The molecule has 10 heteroatoms. The molecule has 0 radical (unpaired) electrons. The summed E-state index contributed by atoms with van der Waals surface area (Å²) >= 11 is 5.99. The van der Waals surface area contributed by atoms with Gasteiger partial charge < -0.3 is 19.4 Å². The molecule has 0 N–H and O–H groups in total. The molecule has 0 saturated carbocycles. The zero-order valence-electron chi connectivity index (χ0n) is 17.4. The van der Waals surface area contributed by atoms with E-state index in [9.17, 15) is 19.7 Å². The minimum Gasteiger partial charge on any atom is -0.378 e. The number of nitro benzene ring substituents is 1. The number of nitro groups is 1. The van der Waals surface area contributed by atoms with Crippen molar-refractivity contribution in [2.24, 2.45) is 0 Å². The first-order chi connectivity index (χ1) is 15.4. The molecule has 9 nitrogen and oxygen atoms in total. The lowest BCUT2D eigenvalue weighted by Gasteiger charge is -2.36. The first-order valence-corrected chi connectivity index (χ1v) is 10.8. The first-order valence-electron chi connectivity index (χ1n) is 10.4. The van der Waals surface area contributed by atoms with Gasteiger partial charge in [0.15, 0.2) is 0 Å². The molecular formula is C22H23ClN4O5. The Bertz CT molecular complexity index is 1030. The zero-order chi connectivity index (χ0) is 22.7. The third kappa shape index (κ3) is 4.68. The number of morpholine rings is 1. The maximum atomic E-state index is 13.4. The van der Waals surface area contributed by atoms with Crippen LogP contribution in [0.2, 0.25) is 5.02 Å². The van der Waals surface area contributed by atoms with E-state index in [1.54, 1.807) is 40.1 Å². The van der Waals surface area contributed by atoms with Crippen LogP contribution in [0.4, 0.5) is 11.4 Å². The summed E-state index contributed by atoms with van der Waals surface area (Å²) in [5.74, 6) is -0.408. The highest BCUT2D eigenvalue weighted by atomic mass is 35.5. The van der Waals surface area contributed by atoms with Gasteiger partial charge in [-0.25, -0.2) is 0 Å². The number of piperazine rings is 1. The number of hydrogen-bond acceptors (Lipinski definition) is 6. The van der Waals surface area contributed by atoms with E-state index in [0.29, 0.717) is 74.3 Å². The van der Waals surface area contributed by atoms with Crippen LogP contribution in [-0.4, -0.2) is 79.0 Å². The molecule has 0 atom stereocenters. The smallest absolute Gasteiger partial charge is 0.270 e. The molecule has 4 rings (SSSR count). The minimum absolute atomic E-state index is 0.125. The van der Waals surface area contributed by atoms with Crippen molar-refractivity contribution in [2.45, 2.75) is 0 Å². The van der Waals surface area contributed by atoms with Crippen LogP contribution < -0.4 is 4.90 Å². The first kappa shape index (κ1) is 22.0. The van der Waals surface area contributed by atoms with Crippen LogP contribution in [0.25, 0.3) is 0 Å². The lowest BCUT2D eigenvalue weighted by molar-refractivity contribution is -0.384. The van der Waals surface area contributed by atoms with E-state index < -0.39 is 4.92 Å². The average Bonchev–Trinajstić information content (AvgIpc) is 2.83. The van der Waals surface area contributed by atoms with Crippen LogP contribution in [-0.2, 0) is 4.74 Å². The summed E-state index contributed by atoms with van der Waals surface area (Å²) in [5.41, 5.74) is 1.35. The molecule has 0 bridgehead atoms. The van der Waals surface area contributed by atoms with Crippen molar-refractivity contribution < 1.29 is 19.2 Å². The number of rotatable bonds is 4. The van der Waals surface area contributed by atoms with Gasteiger partial charge in [-0.2, -0.15) is 0 Å². The summed E-state index contributed by atoms with van der Waals surface area (Å²) in [6.45, 7) is 3.73. The van der Waals surface area contributed by atoms with Crippen LogP contribution in [0.1, 0.15) is 20.7 Å². The van der Waals surface area contributed by atoms with E-state index in [0.717, 1.165) is 0 Å². The van der Waals surface area contributed by atoms with Crippen molar-refractivity contribution in [3.05, 3.63) is 68.7 Å². The molecule has 2 aliphatic heterocycles. The Balaban J connectivity index is 1.50. The molecule has 2 amide bonds. The molecule has 32 heavy (non-hydrogen) atoms. The van der Waals surface area contributed by atoms with E-state index in [2.05, 4.69) is 0 Å². The van der Waals surface area contributed by atoms with Crippen molar-refractivity contribution in [3.8, 4) is 0 Å². The monoisotopic (exact) mass is 458 g/mol. The molecule has 0 unspecified atom stereocenters. The number of ether oxygens (including phenoxy) is 1. The molecule has 0 aromatic heterocycles. The van der Waals surface area contributed by atoms with Crippen molar-refractivity contribution in [1.29, 1.82) is 0 Å². The summed E-state index contributed by atoms with van der Waals surface area (Å²) in [6, 6.07) is 11.2. The normalized spacial score (nSPS) is 16.7. The summed E-state index contributed by atoms with van der Waals surface area (Å²) in [6.07, 6.45) is 0. The number of benzene rings is 2. The topological polar surface area (TPSA) is 96.2 Å². The molecule has 2 heterocycles. The second kappa shape index (κ2) is 9.54. The maximum Gasteiger partial charge on any atom is 0.270 e. The van der Waals surface area contributed by atoms with Gasteiger partial charge in [-0.1, -0.05) is 17.7 Å². The maximum absolute atomic E-state index is 13.4. The highest BCUT2D eigenvalue weighted by Crippen LogP contribution is 2.28. The largest absolute Gasteiger partial charge is 0.378 e. The number of hydrogen-bond donors (Lipinski definition) is 0. The predicted octanol–water partition coefficient (Wildman–Crippen LogP) is 2.68. The van der Waals surface area contributed by atoms with Gasteiger partial charge in [0.05, 0.1) is 29.4 Å². The Labute approximate surface area is 190 Å². The van der Waals surface area contributed by atoms with Gasteiger partial charge in [-0.05, 0) is 24.3 Å². The third-order valence-electron chi connectivity index (χ3n) is 5.70. The van der Waals surface area contributed by atoms with Gasteiger partial charge in [0.2, 0.25) is 0 Å². The SMILES string of the molecule is O=C(c1cccc(Cl)c1)N1CCN(C(=O)c2cc([N+](=O)[O-])ccc2N2CCOCC2)CC1. The molecule has 0 spiro atoms. The van der Waals surface area contributed by atoms with Crippen LogP contribution in [0.5, 0.6) is 0 Å². The van der Waals surface area contributed by atoms with Gasteiger partial charge in [0, 0.05) is 62.0 Å². The lowest BCUT2D eigenvalue weighted by Crippen LogP contribution is -2.51. The second-order valence-electron chi connectivity index (χ2n) is 7.65. The molecule has 2 saturated heterocycles. The average molecular weight is 459 g/mol. The summed E-state index contributed by atoms with van der Waals surface area (Å²) in [4.78, 5) is 42.3. The molecule has 168 valence electrons. The summed E-state index contributed by atoms with van der Waals surface area (Å²) in [5, 5.41) is 11.8. The van der Waals surface area contributed by atoms with E-state index in [1.165, 1.54) is 12.1 Å². The van der Waals surface area contributed by atoms with Crippen LogP contribution in [0.3, 0.4) is 0 Å². The Kier molecular flexibility index (Phi) is 6.57. The van der Waals surface area contributed by atoms with Crippen molar-refractivity contribution in [2.75, 3.05) is 57.4 Å². The number of carbonyl (C=O) groups is 2. The van der Waals surface area contributed by atoms with Crippen LogP contribution in [0.15, 0.2) is 42.5 Å². The number of halogens is 1. The fourth-order valence-corrected chi connectivity index (χ4v) is 4.17. The zero-order valence-corrected chi connectivity index (χ0v) is 18.2. The fourth-order valence-electron chi connectivity index (χ4n) is 3.98. The van der Waals surface area contributed by atoms with Crippen LogP contribution in [0, 0.1) is 10.1 Å². The van der Waals surface area contributed by atoms with Crippen molar-refractivity contribution >= 4 is 34.8 Å². The Morgan fingerprint density at radius 2 is 1.56 bits per heavy atom. The fraction of sp³-hybridized carbons (Fsp3) is 0.364. The van der Waals surface area contributed by atoms with Gasteiger partial charge in [0.1, 0.15) is 0 Å². The Hall–Kier alpha value is -3.17. The molecular weight excluding hydrogens is 436 g/mol. The van der Waals surface area contributed by atoms with E-state index in [4.69, 9.17) is 16.3 Å². The van der Waals surface area contributed by atoms with Gasteiger partial charge >= 0.3 is 0 Å². The van der Waals surface area contributed by atoms with Gasteiger partial charge in [-0.15, -0.1) is 0 Å². The minimum atomic E-state index is -0.499. The standard InChI is InChI=1S/C22H23ClN4O5/c23-17-3-1-2-16(14-17)21(28)25-6-8-26(9-7-25)22(29)19-15-18(27(30)31)4-5-20(19)24-10-12-32-13-11-24/h1-5,14-15H,6-13H2. The highest BCUT2D eigenvalue weighted by Gasteiger charge is 2.29. The molecule has 2 aliphatic rings. The van der Waals surface area contributed by atoms with Crippen molar-refractivity contribution in [1.82, 2.24) is 9.80 Å². The number of carbonyl (C=O) groups excluding carboxylic acids is 2. The molecule has 0 aliphatic carbocycles. The second-order valence-corrected chi connectivity index (χ2v) is 8.09. The molecule has 2 aromatic carbocycles. The number of nitrogens with zero attached hydrogens (tertiary/aromatic N) is 4. The van der Waals surface area contributed by atoms with Crippen molar-refractivity contribution in [3.63, 3.8) is 0 Å². The summed E-state index contributed by atoms with van der Waals surface area (Å²) < 4.78 is 5.39. The van der Waals surface area contributed by atoms with Gasteiger partial charge in [0.25, 0.3) is 17.5 Å². The lowest BCUT2D eigenvalue weighted by atomic mass is 10.1. The number of non-ortho nitro benzene ring substituents is 1. The van der Waals surface area contributed by atoms with E-state index >= 15 is 0 Å². The van der Waals surface area contributed by atoms with E-state index in [-0.39, 0.29) is 17.5 Å². The predicted molar refractivity (Wildman–Crippen MR) is 119 cm³/mol. The molecule has 2 aromatic rings. The quantitative estimate of drug-likeness (QED) is 0.516. The molecule has 2 fully saturated rings. The number of anilines is 1.